The summed E-state index contributed by atoms with van der Waals surface area (Å²) in [7, 11) is 0. The zero-order chi connectivity index (χ0) is 23.2. The number of aliphatic hydroxyl groups excluding tert-OH is 1. The van der Waals surface area contributed by atoms with Gasteiger partial charge >= 0.3 is 0 Å². The number of hydrogen-bond acceptors (Lipinski definition) is 7. The number of benzene rings is 1. The molecule has 174 valence electrons. The lowest BCUT2D eigenvalue weighted by Crippen LogP contribution is -2.42. The standard InChI is InChI=1S/C25H29N3O5/c1-2-15-33-20-5-3-19(4-6-20)23(29)21-22(18-7-9-26-10-8-18)28(25(31)24(21)30)12-11-27-13-16-32-17-14-27/h3-10,22,29H,2,11-17H2,1H3/t22-/m1/s1. The highest BCUT2D eigenvalue weighted by Gasteiger charge is 2.46. The Balaban J connectivity index is 1.66. The molecule has 0 spiro atoms. The molecule has 33 heavy (non-hydrogen) atoms. The molecule has 1 aromatic heterocycles. The number of pyridine rings is 1. The number of ketones is 1. The number of aromatic nitrogens is 1. The van der Waals surface area contributed by atoms with Gasteiger partial charge in [-0.2, -0.15) is 0 Å². The predicted octanol–water partition coefficient (Wildman–Crippen LogP) is 2.62. The molecule has 0 radical (unpaired) electrons. The van der Waals surface area contributed by atoms with E-state index in [0.717, 1.165) is 25.1 Å². The maximum atomic E-state index is 13.1. The Kier molecular flexibility index (Phi) is 7.36. The summed E-state index contributed by atoms with van der Waals surface area (Å²) >= 11 is 0. The van der Waals surface area contributed by atoms with Crippen LogP contribution in [0, 0.1) is 0 Å². The third-order valence-corrected chi connectivity index (χ3v) is 5.92. The van der Waals surface area contributed by atoms with E-state index in [9.17, 15) is 14.7 Å². The van der Waals surface area contributed by atoms with Crippen molar-refractivity contribution < 1.29 is 24.2 Å². The summed E-state index contributed by atoms with van der Waals surface area (Å²) in [5, 5.41) is 11.1. The van der Waals surface area contributed by atoms with Gasteiger partial charge in [0.05, 0.1) is 31.4 Å². The first-order valence-electron chi connectivity index (χ1n) is 11.3. The Bertz CT molecular complexity index is 1000. The van der Waals surface area contributed by atoms with Gasteiger partial charge in [-0.25, -0.2) is 0 Å². The number of rotatable bonds is 8. The van der Waals surface area contributed by atoms with Crippen LogP contribution in [0.2, 0.25) is 0 Å². The number of aliphatic hydroxyl groups is 1. The molecule has 0 saturated carbocycles. The average Bonchev–Trinajstić information content (AvgIpc) is 3.12. The van der Waals surface area contributed by atoms with Crippen LogP contribution in [0.15, 0.2) is 54.4 Å². The van der Waals surface area contributed by atoms with E-state index in [1.807, 2.05) is 6.92 Å². The van der Waals surface area contributed by atoms with E-state index < -0.39 is 17.7 Å². The van der Waals surface area contributed by atoms with E-state index in [-0.39, 0.29) is 11.3 Å². The van der Waals surface area contributed by atoms with Crippen LogP contribution in [0.1, 0.15) is 30.5 Å². The van der Waals surface area contributed by atoms with Crippen molar-refractivity contribution in [2.24, 2.45) is 0 Å². The minimum Gasteiger partial charge on any atom is -0.507 e. The lowest BCUT2D eigenvalue weighted by molar-refractivity contribution is -0.140. The fourth-order valence-corrected chi connectivity index (χ4v) is 4.16. The molecule has 0 bridgehead atoms. The van der Waals surface area contributed by atoms with Gasteiger partial charge in [0.15, 0.2) is 0 Å². The van der Waals surface area contributed by atoms with Gasteiger partial charge in [-0.3, -0.25) is 19.5 Å². The molecule has 2 aliphatic rings. The largest absolute Gasteiger partial charge is 0.507 e. The molecule has 1 amide bonds. The van der Waals surface area contributed by atoms with Gasteiger partial charge in [0.1, 0.15) is 11.5 Å². The van der Waals surface area contributed by atoms with Crippen LogP contribution in [0.25, 0.3) is 5.76 Å². The topological polar surface area (TPSA) is 92.2 Å². The van der Waals surface area contributed by atoms with E-state index in [1.165, 1.54) is 0 Å². The Labute approximate surface area is 193 Å². The molecule has 3 heterocycles. The molecule has 1 aromatic carbocycles. The SMILES string of the molecule is CCCOc1ccc(C(O)=C2C(=O)C(=O)N(CCN3CCOCC3)[C@@H]2c2ccncc2)cc1. The third kappa shape index (κ3) is 5.07. The fourth-order valence-electron chi connectivity index (χ4n) is 4.16. The Morgan fingerprint density at radius 2 is 1.79 bits per heavy atom. The second kappa shape index (κ2) is 10.6. The van der Waals surface area contributed by atoms with Crippen LogP contribution in [-0.4, -0.2) is 77.6 Å². The van der Waals surface area contributed by atoms with Crippen LogP contribution < -0.4 is 4.74 Å². The summed E-state index contributed by atoms with van der Waals surface area (Å²) in [6.45, 7) is 6.51. The molecule has 2 aliphatic heterocycles. The Morgan fingerprint density at radius 3 is 2.45 bits per heavy atom. The number of nitrogens with zero attached hydrogens (tertiary/aromatic N) is 3. The normalized spacial score (nSPS) is 20.9. The molecule has 4 rings (SSSR count). The molecular weight excluding hydrogens is 422 g/mol. The highest BCUT2D eigenvalue weighted by atomic mass is 16.5. The lowest BCUT2D eigenvalue weighted by Gasteiger charge is -2.30. The zero-order valence-corrected chi connectivity index (χ0v) is 18.8. The van der Waals surface area contributed by atoms with Gasteiger partial charge < -0.3 is 19.5 Å². The summed E-state index contributed by atoms with van der Waals surface area (Å²) in [6.07, 6.45) is 4.14. The molecule has 2 saturated heterocycles. The van der Waals surface area contributed by atoms with Crippen molar-refractivity contribution in [3.63, 3.8) is 0 Å². The second-order valence-electron chi connectivity index (χ2n) is 8.10. The van der Waals surface area contributed by atoms with Gasteiger partial charge in [0.2, 0.25) is 0 Å². The minimum atomic E-state index is -0.678. The molecular formula is C25H29N3O5. The first-order valence-corrected chi connectivity index (χ1v) is 11.3. The molecule has 0 unspecified atom stereocenters. The third-order valence-electron chi connectivity index (χ3n) is 5.92. The number of ether oxygens (including phenoxy) is 2. The van der Waals surface area contributed by atoms with Crippen molar-refractivity contribution in [2.45, 2.75) is 19.4 Å². The number of Topliss-reactive ketones (excluding diaryl/α,β-unsaturated/α-hetero) is 1. The highest BCUT2D eigenvalue weighted by Crippen LogP contribution is 2.39. The van der Waals surface area contributed by atoms with E-state index >= 15 is 0 Å². The van der Waals surface area contributed by atoms with Gasteiger partial charge in [-0.1, -0.05) is 6.92 Å². The minimum absolute atomic E-state index is 0.0930. The zero-order valence-electron chi connectivity index (χ0n) is 18.8. The Hall–Kier alpha value is -3.23. The van der Waals surface area contributed by atoms with Gasteiger partial charge in [-0.15, -0.1) is 0 Å². The molecule has 1 N–H and O–H groups in total. The summed E-state index contributed by atoms with van der Waals surface area (Å²) in [5.74, 6) is -0.784. The van der Waals surface area contributed by atoms with Crippen molar-refractivity contribution in [1.29, 1.82) is 0 Å². The van der Waals surface area contributed by atoms with Crippen molar-refractivity contribution in [1.82, 2.24) is 14.8 Å². The van der Waals surface area contributed by atoms with Crippen molar-refractivity contribution in [3.05, 3.63) is 65.5 Å². The summed E-state index contributed by atoms with van der Waals surface area (Å²) in [5.41, 5.74) is 1.29. The average molecular weight is 452 g/mol. The number of hydrogen-bond donors (Lipinski definition) is 1. The molecule has 0 aliphatic carbocycles. The lowest BCUT2D eigenvalue weighted by atomic mass is 9.96. The van der Waals surface area contributed by atoms with Gasteiger partial charge in [-0.05, 0) is 48.4 Å². The first kappa shape index (κ1) is 22.9. The van der Waals surface area contributed by atoms with Crippen molar-refractivity contribution in [2.75, 3.05) is 46.0 Å². The van der Waals surface area contributed by atoms with Crippen LogP contribution in [0.5, 0.6) is 5.75 Å². The second-order valence-corrected chi connectivity index (χ2v) is 8.10. The first-order chi connectivity index (χ1) is 16.1. The van der Waals surface area contributed by atoms with E-state index in [1.54, 1.807) is 53.7 Å². The molecule has 1 atom stereocenters. The number of morpholine rings is 1. The van der Waals surface area contributed by atoms with Crippen LogP contribution in [0.4, 0.5) is 0 Å². The van der Waals surface area contributed by atoms with E-state index in [2.05, 4.69) is 9.88 Å². The van der Waals surface area contributed by atoms with Crippen LogP contribution in [-0.2, 0) is 14.3 Å². The highest BCUT2D eigenvalue weighted by molar-refractivity contribution is 6.46. The number of carbonyl (C=O) groups is 2. The number of carbonyl (C=O) groups excluding carboxylic acids is 2. The van der Waals surface area contributed by atoms with Crippen molar-refractivity contribution >= 4 is 17.4 Å². The monoisotopic (exact) mass is 451 g/mol. The molecule has 2 aromatic rings. The quantitative estimate of drug-likeness (QED) is 0.375. The Morgan fingerprint density at radius 1 is 1.09 bits per heavy atom. The van der Waals surface area contributed by atoms with Crippen LogP contribution >= 0.6 is 0 Å². The van der Waals surface area contributed by atoms with Crippen LogP contribution in [0.3, 0.4) is 0 Å². The number of amides is 1. The van der Waals surface area contributed by atoms with Gasteiger partial charge in [0, 0.05) is 44.1 Å². The van der Waals surface area contributed by atoms with Crippen molar-refractivity contribution in [3.8, 4) is 5.75 Å². The maximum absolute atomic E-state index is 13.1. The number of likely N-dealkylation sites (tertiary alicyclic amines) is 1. The summed E-state index contributed by atoms with van der Waals surface area (Å²) < 4.78 is 11.0. The molecule has 2 fully saturated rings. The smallest absolute Gasteiger partial charge is 0.295 e. The fraction of sp³-hybridized carbons (Fsp3) is 0.400. The summed E-state index contributed by atoms with van der Waals surface area (Å²) in [6, 6.07) is 9.77. The predicted molar refractivity (Wildman–Crippen MR) is 123 cm³/mol. The van der Waals surface area contributed by atoms with E-state index in [0.29, 0.717) is 44.2 Å². The van der Waals surface area contributed by atoms with E-state index in [4.69, 9.17) is 9.47 Å². The molecule has 8 nitrogen and oxygen atoms in total. The maximum Gasteiger partial charge on any atom is 0.295 e. The molecule has 8 heteroatoms. The summed E-state index contributed by atoms with van der Waals surface area (Å²) in [4.78, 5) is 33.9. The van der Waals surface area contributed by atoms with Gasteiger partial charge in [0.25, 0.3) is 11.7 Å².